The largest absolute Gasteiger partial charge is 0.466 e. The van der Waals surface area contributed by atoms with Crippen LogP contribution in [-0.2, 0) is 9.53 Å². The molecule has 2 aliphatic carbocycles. The number of carbonyl (C=O) groups is 1. The minimum atomic E-state index is -0.887. The van der Waals surface area contributed by atoms with Crippen LogP contribution in [0.3, 0.4) is 0 Å². The van der Waals surface area contributed by atoms with Crippen LogP contribution in [0.4, 0.5) is 0 Å². The Hall–Kier alpha value is -0.870. The maximum atomic E-state index is 11.7. The molecule has 2 aliphatic rings. The fraction of sp³-hybridized carbons (Fsp3) is 0.812. The Morgan fingerprint density at radius 3 is 2.55 bits per heavy atom. The van der Waals surface area contributed by atoms with Crippen molar-refractivity contribution in [3.05, 3.63) is 12.2 Å². The Balaban J connectivity index is 2.28. The number of hydrogen-bond donors (Lipinski definition) is 2. The Morgan fingerprint density at radius 2 is 1.95 bits per heavy atom. The van der Waals surface area contributed by atoms with E-state index in [0.717, 1.165) is 25.7 Å². The van der Waals surface area contributed by atoms with Crippen LogP contribution >= 0.6 is 0 Å². The first-order valence-corrected chi connectivity index (χ1v) is 7.40. The van der Waals surface area contributed by atoms with Gasteiger partial charge in [0.2, 0.25) is 0 Å². The lowest BCUT2D eigenvalue weighted by Crippen LogP contribution is -2.58. The van der Waals surface area contributed by atoms with Gasteiger partial charge in [0.15, 0.2) is 0 Å². The minimum Gasteiger partial charge on any atom is -0.466 e. The van der Waals surface area contributed by atoms with E-state index in [-0.39, 0.29) is 17.3 Å². The maximum absolute atomic E-state index is 11.7. The van der Waals surface area contributed by atoms with Gasteiger partial charge in [0.1, 0.15) is 0 Å². The van der Waals surface area contributed by atoms with Crippen molar-refractivity contribution in [3.8, 4) is 0 Å². The van der Waals surface area contributed by atoms with Crippen molar-refractivity contribution in [1.29, 1.82) is 0 Å². The van der Waals surface area contributed by atoms with Crippen molar-refractivity contribution in [2.75, 3.05) is 7.11 Å². The number of ether oxygens (including phenoxy) is 1. The molecule has 114 valence electrons. The van der Waals surface area contributed by atoms with Gasteiger partial charge < -0.3 is 14.9 Å². The van der Waals surface area contributed by atoms with Gasteiger partial charge in [-0.3, -0.25) is 0 Å². The topological polar surface area (TPSA) is 66.8 Å². The molecule has 2 fully saturated rings. The maximum Gasteiger partial charge on any atom is 0.333 e. The molecule has 0 aromatic rings. The molecule has 2 saturated carbocycles. The molecular formula is C16H26O4. The molecular weight excluding hydrogens is 256 g/mol. The van der Waals surface area contributed by atoms with Gasteiger partial charge in [-0.25, -0.2) is 4.79 Å². The molecule has 0 bridgehead atoms. The van der Waals surface area contributed by atoms with Gasteiger partial charge >= 0.3 is 5.97 Å². The van der Waals surface area contributed by atoms with Crippen molar-refractivity contribution < 1.29 is 19.7 Å². The summed E-state index contributed by atoms with van der Waals surface area (Å²) in [7, 11) is 1.32. The second kappa shape index (κ2) is 5.15. The van der Waals surface area contributed by atoms with E-state index in [1.165, 1.54) is 7.11 Å². The summed E-state index contributed by atoms with van der Waals surface area (Å²) < 4.78 is 4.71. The molecule has 1 unspecified atom stereocenters. The Morgan fingerprint density at radius 1 is 1.30 bits per heavy atom. The number of methoxy groups -OCH3 is 1. The molecule has 0 spiro atoms. The lowest BCUT2D eigenvalue weighted by molar-refractivity contribution is -0.176. The third kappa shape index (κ3) is 2.40. The summed E-state index contributed by atoms with van der Waals surface area (Å²) in [4.78, 5) is 11.7. The minimum absolute atomic E-state index is 0.0614. The number of hydrogen-bond acceptors (Lipinski definition) is 4. The predicted molar refractivity (Wildman–Crippen MR) is 76.0 cm³/mol. The molecule has 0 saturated heterocycles. The second-order valence-electron chi connectivity index (χ2n) is 7.00. The molecule has 0 amide bonds. The van der Waals surface area contributed by atoms with Crippen LogP contribution in [-0.4, -0.2) is 35.0 Å². The number of fused-ring (bicyclic) bond motifs is 1. The summed E-state index contributed by atoms with van der Waals surface area (Å²) in [5.41, 5.74) is -0.626. The number of carbonyl (C=O) groups excluding carboxylic acids is 1. The number of esters is 1. The lowest BCUT2D eigenvalue weighted by atomic mass is 9.52. The fourth-order valence-corrected chi connectivity index (χ4v) is 4.52. The summed E-state index contributed by atoms with van der Waals surface area (Å²) in [6, 6.07) is 0. The Bertz CT molecular complexity index is 415. The molecule has 20 heavy (non-hydrogen) atoms. The smallest absolute Gasteiger partial charge is 0.333 e. The molecule has 5 atom stereocenters. The summed E-state index contributed by atoms with van der Waals surface area (Å²) in [6.07, 6.45) is 3.57. The van der Waals surface area contributed by atoms with Crippen LogP contribution in [0.25, 0.3) is 0 Å². The standard InChI is InChI=1S/C16H26O4/c1-10(14(18)20-4)11-6-9-15(2)7-5-8-16(3,19)13(15)12(11)17/h11-13,17,19H,1,5-9H2,2-4H3/t11-,12-,13?,15+,16+/m0/s1. The summed E-state index contributed by atoms with van der Waals surface area (Å²) in [6.45, 7) is 7.74. The molecule has 0 heterocycles. The lowest BCUT2D eigenvalue weighted by Gasteiger charge is -2.56. The van der Waals surface area contributed by atoms with Crippen molar-refractivity contribution in [1.82, 2.24) is 0 Å². The molecule has 2 rings (SSSR count). The van der Waals surface area contributed by atoms with E-state index in [9.17, 15) is 15.0 Å². The molecule has 0 aliphatic heterocycles. The number of aliphatic hydroxyl groups is 2. The zero-order valence-electron chi connectivity index (χ0n) is 12.7. The van der Waals surface area contributed by atoms with Gasteiger partial charge in [-0.05, 0) is 38.0 Å². The van der Waals surface area contributed by atoms with E-state index < -0.39 is 17.7 Å². The van der Waals surface area contributed by atoms with Gasteiger partial charge in [0.25, 0.3) is 0 Å². The van der Waals surface area contributed by atoms with Crippen molar-refractivity contribution in [2.24, 2.45) is 17.3 Å². The highest BCUT2D eigenvalue weighted by Gasteiger charge is 2.56. The summed E-state index contributed by atoms with van der Waals surface area (Å²) >= 11 is 0. The number of rotatable bonds is 2. The Kier molecular flexibility index (Phi) is 4.00. The molecule has 2 N–H and O–H groups in total. The first-order valence-electron chi connectivity index (χ1n) is 7.40. The van der Waals surface area contributed by atoms with Gasteiger partial charge in [-0.1, -0.05) is 19.9 Å². The molecule has 4 nitrogen and oxygen atoms in total. The zero-order valence-corrected chi connectivity index (χ0v) is 12.7. The van der Waals surface area contributed by atoms with Crippen molar-refractivity contribution >= 4 is 5.97 Å². The highest BCUT2D eigenvalue weighted by molar-refractivity contribution is 5.88. The van der Waals surface area contributed by atoms with E-state index in [0.29, 0.717) is 12.0 Å². The monoisotopic (exact) mass is 282 g/mol. The van der Waals surface area contributed by atoms with Crippen LogP contribution < -0.4 is 0 Å². The summed E-state index contributed by atoms with van der Waals surface area (Å²) in [5.74, 6) is -0.998. The predicted octanol–water partition coefficient (Wildman–Crippen LogP) is 2.04. The quantitative estimate of drug-likeness (QED) is 0.601. The van der Waals surface area contributed by atoms with Crippen LogP contribution in [0, 0.1) is 17.3 Å². The SMILES string of the molecule is C=C(C(=O)OC)[C@@H]1CC[C@@]2(C)CCC[C@@](C)(O)C2[C@H]1O. The van der Waals surface area contributed by atoms with E-state index in [1.807, 2.05) is 6.92 Å². The van der Waals surface area contributed by atoms with E-state index in [2.05, 4.69) is 13.5 Å². The van der Waals surface area contributed by atoms with Crippen LogP contribution in [0.2, 0.25) is 0 Å². The molecule has 0 aromatic carbocycles. The van der Waals surface area contributed by atoms with E-state index in [4.69, 9.17) is 4.74 Å². The van der Waals surface area contributed by atoms with Gasteiger partial charge in [-0.15, -0.1) is 0 Å². The first kappa shape index (κ1) is 15.5. The third-order valence-electron chi connectivity index (χ3n) is 5.53. The first-order chi connectivity index (χ1) is 9.23. The van der Waals surface area contributed by atoms with Crippen LogP contribution in [0.5, 0.6) is 0 Å². The van der Waals surface area contributed by atoms with Gasteiger partial charge in [0.05, 0.1) is 18.8 Å². The van der Waals surface area contributed by atoms with E-state index in [1.54, 1.807) is 0 Å². The fourth-order valence-electron chi connectivity index (χ4n) is 4.52. The zero-order chi connectivity index (χ0) is 15.1. The van der Waals surface area contributed by atoms with Crippen molar-refractivity contribution in [2.45, 2.75) is 57.7 Å². The number of aliphatic hydroxyl groups excluding tert-OH is 1. The normalized spacial score (nSPS) is 44.5. The highest BCUT2D eigenvalue weighted by Crippen LogP contribution is 2.56. The molecule has 0 radical (unpaired) electrons. The average molecular weight is 282 g/mol. The van der Waals surface area contributed by atoms with E-state index >= 15 is 0 Å². The molecule has 0 aromatic heterocycles. The highest BCUT2D eigenvalue weighted by atomic mass is 16.5. The van der Waals surface area contributed by atoms with Crippen LogP contribution in [0.1, 0.15) is 46.0 Å². The molecule has 4 heteroatoms. The third-order valence-corrected chi connectivity index (χ3v) is 5.53. The van der Waals surface area contributed by atoms with Gasteiger partial charge in [-0.2, -0.15) is 0 Å². The average Bonchev–Trinajstić information content (AvgIpc) is 2.35. The Labute approximate surface area is 120 Å². The van der Waals surface area contributed by atoms with Crippen molar-refractivity contribution in [3.63, 3.8) is 0 Å². The van der Waals surface area contributed by atoms with Gasteiger partial charge in [0, 0.05) is 17.4 Å². The van der Waals surface area contributed by atoms with Crippen LogP contribution in [0.15, 0.2) is 12.2 Å². The second-order valence-corrected chi connectivity index (χ2v) is 7.00. The summed E-state index contributed by atoms with van der Waals surface area (Å²) in [5, 5.41) is 21.4.